The smallest absolute Gasteiger partial charge is 0.305 e. The molecule has 79 heavy (non-hydrogen) atoms. The number of aliphatic carboxylic acids is 6. The van der Waals surface area contributed by atoms with Crippen LogP contribution in [0.3, 0.4) is 0 Å². The Bertz CT molecular complexity index is 2350. The number of carboxylic acids is 6. The first-order valence-corrected chi connectivity index (χ1v) is 23.1. The van der Waals surface area contributed by atoms with Crippen LogP contribution in [0, 0.1) is 0 Å². The van der Waals surface area contributed by atoms with E-state index in [-0.39, 0.29) is 0 Å². The maximum absolute atomic E-state index is 13.5. The lowest BCUT2D eigenvalue weighted by Gasteiger charge is -2.27. The second-order valence-electron chi connectivity index (χ2n) is 17.0. The SMILES string of the molecule is CC(=O)NC(CC(=O)O)C(=O)N[C@H](CO)C(=O)NC(CCC(=O)O)C(=O)N[C@H](CC(=O)O)C(=O)N[C@H](CC(N)=O)C(=O)N[C@H](C)C(=O)N[C@H](CC(=O)O)C(=O)N[C@H](CCC(=O)O)C(=O)NC(CCC(=O)O)C(=O)N[C@H](C)C(N)=O. The van der Waals surface area contributed by atoms with Gasteiger partial charge in [-0.1, -0.05) is 0 Å². The van der Waals surface area contributed by atoms with Crippen molar-refractivity contribution in [2.45, 2.75) is 145 Å². The lowest BCUT2D eigenvalue weighted by Crippen LogP contribution is -2.61. The lowest BCUT2D eigenvalue weighted by atomic mass is 10.1. The van der Waals surface area contributed by atoms with Gasteiger partial charge in [-0.05, 0) is 33.1 Å². The molecule has 10 atom stereocenters. The summed E-state index contributed by atoms with van der Waals surface area (Å²) >= 11 is 0. The second kappa shape index (κ2) is 34.2. The van der Waals surface area contributed by atoms with Crippen molar-refractivity contribution in [1.29, 1.82) is 0 Å². The zero-order valence-electron chi connectivity index (χ0n) is 42.2. The summed E-state index contributed by atoms with van der Waals surface area (Å²) in [5, 5.41) is 85.7. The minimum atomic E-state index is -2.27. The summed E-state index contributed by atoms with van der Waals surface area (Å²) in [5.74, 6) is -25.7. The lowest BCUT2D eigenvalue weighted by molar-refractivity contribution is -0.143. The number of carboxylic acid groups (broad SMARTS) is 6. The van der Waals surface area contributed by atoms with Crippen LogP contribution in [-0.4, -0.2) is 209 Å². The van der Waals surface area contributed by atoms with Gasteiger partial charge in [-0.3, -0.25) is 86.3 Å². The van der Waals surface area contributed by atoms with E-state index in [1.165, 1.54) is 0 Å². The van der Waals surface area contributed by atoms with E-state index in [1.54, 1.807) is 0 Å². The Balaban J connectivity index is 6.57. The first-order chi connectivity index (χ1) is 36.6. The van der Waals surface area contributed by atoms with Crippen molar-refractivity contribution in [2.24, 2.45) is 11.5 Å². The number of carbonyl (C=O) groups excluding carboxylic acids is 12. The zero-order valence-corrected chi connectivity index (χ0v) is 42.2. The van der Waals surface area contributed by atoms with Crippen LogP contribution in [0.2, 0.25) is 0 Å². The molecule has 0 aromatic heterocycles. The normalized spacial score (nSPS) is 14.4. The summed E-state index contributed by atoms with van der Waals surface area (Å²) < 4.78 is 0. The third kappa shape index (κ3) is 28.2. The van der Waals surface area contributed by atoms with Crippen molar-refractivity contribution in [3.63, 3.8) is 0 Å². The highest BCUT2D eigenvalue weighted by molar-refractivity contribution is 6.01. The van der Waals surface area contributed by atoms with Crippen molar-refractivity contribution in [3.8, 4) is 0 Å². The van der Waals surface area contributed by atoms with E-state index in [9.17, 15) is 112 Å². The molecule has 0 aliphatic heterocycles. The van der Waals surface area contributed by atoms with E-state index in [1.807, 2.05) is 42.5 Å². The molecule has 440 valence electrons. The van der Waals surface area contributed by atoms with Gasteiger partial charge in [0.1, 0.15) is 60.4 Å². The van der Waals surface area contributed by atoms with Crippen LogP contribution in [0.15, 0.2) is 0 Å². The van der Waals surface area contributed by atoms with Crippen LogP contribution in [0.25, 0.3) is 0 Å². The van der Waals surface area contributed by atoms with Gasteiger partial charge in [0.2, 0.25) is 70.9 Å². The van der Waals surface area contributed by atoms with Gasteiger partial charge in [-0.2, -0.15) is 0 Å². The molecular weight excluding hydrogens is 1070 g/mol. The summed E-state index contributed by atoms with van der Waals surface area (Å²) in [4.78, 5) is 224. The van der Waals surface area contributed by atoms with Crippen molar-refractivity contribution in [2.75, 3.05) is 6.61 Å². The molecule has 0 radical (unpaired) electrons. The van der Waals surface area contributed by atoms with E-state index in [0.29, 0.717) is 0 Å². The van der Waals surface area contributed by atoms with Crippen LogP contribution in [0.4, 0.5) is 0 Å². The molecule has 21 N–H and O–H groups in total. The van der Waals surface area contributed by atoms with Gasteiger partial charge in [-0.15, -0.1) is 0 Å². The van der Waals surface area contributed by atoms with Crippen LogP contribution < -0.4 is 64.6 Å². The Labute approximate surface area is 444 Å². The molecule has 0 spiro atoms. The molecular formula is C42H62N12O25. The fraction of sp³-hybridized carbons (Fsp3) is 0.571. The Morgan fingerprint density at radius 3 is 0.886 bits per heavy atom. The van der Waals surface area contributed by atoms with Gasteiger partial charge in [0.15, 0.2) is 0 Å². The van der Waals surface area contributed by atoms with E-state index < -0.39 is 238 Å². The highest BCUT2D eigenvalue weighted by Crippen LogP contribution is 2.08. The molecule has 12 amide bonds. The maximum Gasteiger partial charge on any atom is 0.305 e. The molecule has 0 aromatic carbocycles. The number of carbonyl (C=O) groups is 18. The second-order valence-corrected chi connectivity index (χ2v) is 17.0. The van der Waals surface area contributed by atoms with E-state index in [2.05, 4.69) is 10.6 Å². The maximum atomic E-state index is 13.5. The molecule has 0 heterocycles. The predicted molar refractivity (Wildman–Crippen MR) is 254 cm³/mol. The average Bonchev–Trinajstić information content (AvgIpc) is 3.32. The highest BCUT2D eigenvalue weighted by Gasteiger charge is 2.37. The average molecular weight is 1140 g/mol. The third-order valence-electron chi connectivity index (χ3n) is 10.3. The molecule has 0 fully saturated rings. The van der Waals surface area contributed by atoms with Crippen molar-refractivity contribution >= 4 is 107 Å². The zero-order chi connectivity index (χ0) is 61.0. The molecule has 37 heteroatoms. The molecule has 0 aromatic rings. The van der Waals surface area contributed by atoms with Gasteiger partial charge in [-0.25, -0.2) is 0 Å². The van der Waals surface area contributed by atoms with Gasteiger partial charge in [0.05, 0.1) is 32.3 Å². The third-order valence-corrected chi connectivity index (χ3v) is 10.3. The summed E-state index contributed by atoms with van der Waals surface area (Å²) in [6.07, 6.45) is -9.48. The minimum Gasteiger partial charge on any atom is -0.481 e. The molecule has 3 unspecified atom stereocenters. The summed E-state index contributed by atoms with van der Waals surface area (Å²) in [6.45, 7) is 1.72. The molecule has 37 nitrogen and oxygen atoms in total. The fourth-order valence-electron chi connectivity index (χ4n) is 6.31. The quantitative estimate of drug-likeness (QED) is 0.0273. The Morgan fingerprint density at radius 1 is 0.329 bits per heavy atom. The summed E-state index contributed by atoms with van der Waals surface area (Å²) in [6, 6.07) is -19.3. The molecule has 0 aliphatic carbocycles. The summed E-state index contributed by atoms with van der Waals surface area (Å²) in [5.41, 5.74) is 10.4. The number of amides is 12. The monoisotopic (exact) mass is 1130 g/mol. The van der Waals surface area contributed by atoms with Crippen LogP contribution >= 0.6 is 0 Å². The van der Waals surface area contributed by atoms with Gasteiger partial charge in [0, 0.05) is 26.2 Å². The molecule has 0 bridgehead atoms. The Kier molecular flexibility index (Phi) is 30.0. The Hall–Kier alpha value is -9.58. The number of nitrogens with two attached hydrogens (primary N) is 2. The van der Waals surface area contributed by atoms with Crippen LogP contribution in [0.5, 0.6) is 0 Å². The largest absolute Gasteiger partial charge is 0.481 e. The number of aliphatic hydroxyl groups is 1. The number of primary amides is 2. The number of hydrogen-bond donors (Lipinski definition) is 19. The number of hydrogen-bond acceptors (Lipinski definition) is 19. The van der Waals surface area contributed by atoms with Crippen LogP contribution in [-0.2, 0) is 86.3 Å². The molecule has 0 saturated heterocycles. The standard InChI is InChI=1S/C42H62N12O25/c1-15(33(44)70)45-35(72)18(4-7-27(58)59)48-36(73)19(5-8-28(60)61)49-40(77)23(12-31(66)67)51-34(71)16(2)46-38(75)21(10-26(43)57)52-41(78)24(13-32(68)69)53-37(74)20(6-9-29(62)63)50-42(79)25(14-55)54-39(76)22(11-30(64)65)47-17(3)56/h15-16,18-25,55H,4-14H2,1-3H3,(H2,43,57)(H2,44,70)(H,45,72)(H,46,75)(H,47,56)(H,48,73)(H,49,77)(H,50,79)(H,51,71)(H,52,78)(H,53,74)(H,54,76)(H,58,59)(H,60,61)(H,62,63)(H,64,65)(H,66,67)(H,68,69)/t15-,16-,18?,19-,20?,21-,22?,23-,24-,25-/m1/s1. The molecule has 0 aliphatic rings. The molecule has 0 saturated carbocycles. The molecule has 0 rings (SSSR count). The first kappa shape index (κ1) is 69.4. The predicted octanol–water partition coefficient (Wildman–Crippen LogP) is -9.73. The topological polar surface area (TPSA) is 621 Å². The number of nitrogens with one attached hydrogen (secondary N) is 10. The van der Waals surface area contributed by atoms with Gasteiger partial charge >= 0.3 is 35.8 Å². The van der Waals surface area contributed by atoms with Crippen molar-refractivity contribution in [3.05, 3.63) is 0 Å². The Morgan fingerprint density at radius 2 is 0.582 bits per heavy atom. The number of rotatable bonds is 38. The van der Waals surface area contributed by atoms with Crippen LogP contribution in [0.1, 0.15) is 85.0 Å². The highest BCUT2D eigenvalue weighted by atomic mass is 16.4. The van der Waals surface area contributed by atoms with Gasteiger partial charge < -0.3 is 100 Å². The number of aliphatic hydroxyl groups excluding tert-OH is 1. The van der Waals surface area contributed by atoms with E-state index >= 15 is 0 Å². The first-order valence-electron chi connectivity index (χ1n) is 23.1. The van der Waals surface area contributed by atoms with E-state index in [4.69, 9.17) is 21.7 Å². The fourth-order valence-corrected chi connectivity index (χ4v) is 6.31. The summed E-state index contributed by atoms with van der Waals surface area (Å²) in [7, 11) is 0. The van der Waals surface area contributed by atoms with Crippen molar-refractivity contribution < 1.29 is 122 Å². The van der Waals surface area contributed by atoms with Gasteiger partial charge in [0.25, 0.3) is 0 Å². The minimum absolute atomic E-state index is 0.621. The van der Waals surface area contributed by atoms with Crippen molar-refractivity contribution in [1.82, 2.24) is 53.2 Å². The van der Waals surface area contributed by atoms with E-state index in [0.717, 1.165) is 20.8 Å².